The third-order valence-corrected chi connectivity index (χ3v) is 2.67. The van der Waals surface area contributed by atoms with Gasteiger partial charge in [-0.05, 0) is 11.1 Å². The van der Waals surface area contributed by atoms with Gasteiger partial charge < -0.3 is 10.5 Å². The molecule has 0 fully saturated rings. The Bertz CT molecular complexity index is 271. The van der Waals surface area contributed by atoms with E-state index in [1.54, 1.807) is 0 Å². The molecule has 0 aliphatic rings. The van der Waals surface area contributed by atoms with E-state index < -0.39 is 0 Å². The van der Waals surface area contributed by atoms with Gasteiger partial charge in [0.25, 0.3) is 0 Å². The van der Waals surface area contributed by atoms with Gasteiger partial charge in [0.15, 0.2) is 0 Å². The highest BCUT2D eigenvalue weighted by atomic mass is 79.9. The van der Waals surface area contributed by atoms with Crippen LogP contribution in [0.25, 0.3) is 0 Å². The molecule has 2 nitrogen and oxygen atoms in total. The standard InChI is InChI=1S/C10H12BrNO/c11-5-10(7-13)9-3-1-8(6-12)2-4-9/h1-4,7,10H,5-6,12H2. The van der Waals surface area contributed by atoms with Crippen LogP contribution in [-0.4, -0.2) is 11.6 Å². The second kappa shape index (κ2) is 5.14. The normalized spacial score (nSPS) is 12.5. The summed E-state index contributed by atoms with van der Waals surface area (Å²) in [6.45, 7) is 0.542. The molecule has 0 aromatic heterocycles. The Labute approximate surface area is 86.3 Å². The monoisotopic (exact) mass is 241 g/mol. The van der Waals surface area contributed by atoms with Gasteiger partial charge in [0.1, 0.15) is 6.29 Å². The van der Waals surface area contributed by atoms with Crippen LogP contribution in [0.15, 0.2) is 24.3 Å². The van der Waals surface area contributed by atoms with Crippen molar-refractivity contribution in [2.75, 3.05) is 5.33 Å². The highest BCUT2D eigenvalue weighted by molar-refractivity contribution is 9.09. The fourth-order valence-corrected chi connectivity index (χ4v) is 1.63. The van der Waals surface area contributed by atoms with Crippen molar-refractivity contribution in [3.8, 4) is 0 Å². The molecule has 0 heterocycles. The average molecular weight is 242 g/mol. The van der Waals surface area contributed by atoms with Gasteiger partial charge in [-0.2, -0.15) is 0 Å². The van der Waals surface area contributed by atoms with Gasteiger partial charge in [-0.15, -0.1) is 0 Å². The molecule has 0 aliphatic carbocycles. The van der Waals surface area contributed by atoms with E-state index in [0.717, 1.165) is 17.4 Å². The van der Waals surface area contributed by atoms with Gasteiger partial charge in [-0.25, -0.2) is 0 Å². The Kier molecular flexibility index (Phi) is 4.12. The fourth-order valence-electron chi connectivity index (χ4n) is 1.10. The quantitative estimate of drug-likeness (QED) is 0.646. The minimum Gasteiger partial charge on any atom is -0.326 e. The molecule has 1 aromatic rings. The molecular formula is C10H12BrNO. The first-order valence-electron chi connectivity index (χ1n) is 4.12. The molecule has 0 spiro atoms. The first-order valence-corrected chi connectivity index (χ1v) is 5.24. The van der Waals surface area contributed by atoms with Crippen LogP contribution >= 0.6 is 15.9 Å². The molecule has 1 unspecified atom stereocenters. The number of hydrogen-bond acceptors (Lipinski definition) is 2. The summed E-state index contributed by atoms with van der Waals surface area (Å²) in [7, 11) is 0. The third kappa shape index (κ3) is 2.64. The molecule has 1 atom stereocenters. The largest absolute Gasteiger partial charge is 0.326 e. The highest BCUT2D eigenvalue weighted by Gasteiger charge is 2.07. The van der Waals surface area contributed by atoms with Crippen LogP contribution < -0.4 is 5.73 Å². The van der Waals surface area contributed by atoms with Gasteiger partial charge in [-0.3, -0.25) is 0 Å². The molecule has 3 heteroatoms. The summed E-state index contributed by atoms with van der Waals surface area (Å²) in [5.74, 6) is -0.0492. The Balaban J connectivity index is 2.83. The molecular weight excluding hydrogens is 230 g/mol. The molecule has 0 aliphatic heterocycles. The van der Waals surface area contributed by atoms with Gasteiger partial charge in [-0.1, -0.05) is 40.2 Å². The smallest absolute Gasteiger partial charge is 0.128 e. The summed E-state index contributed by atoms with van der Waals surface area (Å²) < 4.78 is 0. The van der Waals surface area contributed by atoms with E-state index in [2.05, 4.69) is 15.9 Å². The molecule has 1 rings (SSSR count). The fraction of sp³-hybridized carbons (Fsp3) is 0.300. The molecule has 0 saturated heterocycles. The van der Waals surface area contributed by atoms with E-state index in [1.165, 1.54) is 0 Å². The molecule has 0 amide bonds. The van der Waals surface area contributed by atoms with Crippen LogP contribution in [0.4, 0.5) is 0 Å². The number of carbonyl (C=O) groups is 1. The summed E-state index contributed by atoms with van der Waals surface area (Å²) in [5, 5.41) is 0.665. The molecule has 0 saturated carbocycles. The number of benzene rings is 1. The van der Waals surface area contributed by atoms with Gasteiger partial charge in [0.05, 0.1) is 0 Å². The summed E-state index contributed by atoms with van der Waals surface area (Å²) in [6, 6.07) is 7.80. The Morgan fingerprint density at radius 2 is 2.00 bits per heavy atom. The number of alkyl halides is 1. The number of halogens is 1. The van der Waals surface area contributed by atoms with Crippen LogP contribution in [-0.2, 0) is 11.3 Å². The van der Waals surface area contributed by atoms with E-state index in [1.807, 2.05) is 24.3 Å². The maximum Gasteiger partial charge on any atom is 0.128 e. The minimum absolute atomic E-state index is 0.0492. The Morgan fingerprint density at radius 1 is 1.38 bits per heavy atom. The Morgan fingerprint density at radius 3 is 2.38 bits per heavy atom. The number of nitrogens with two attached hydrogens (primary N) is 1. The lowest BCUT2D eigenvalue weighted by Crippen LogP contribution is -2.02. The van der Waals surface area contributed by atoms with E-state index in [0.29, 0.717) is 11.9 Å². The molecule has 0 radical (unpaired) electrons. The molecule has 13 heavy (non-hydrogen) atoms. The second-order valence-corrected chi connectivity index (χ2v) is 3.49. The lowest BCUT2D eigenvalue weighted by molar-refractivity contribution is -0.108. The predicted molar refractivity (Wildman–Crippen MR) is 56.9 cm³/mol. The van der Waals surface area contributed by atoms with Gasteiger partial charge >= 0.3 is 0 Å². The first-order chi connectivity index (χ1) is 6.31. The van der Waals surface area contributed by atoms with Crippen molar-refractivity contribution in [2.45, 2.75) is 12.5 Å². The van der Waals surface area contributed by atoms with E-state index in [4.69, 9.17) is 5.73 Å². The van der Waals surface area contributed by atoms with Gasteiger partial charge in [0, 0.05) is 17.8 Å². The van der Waals surface area contributed by atoms with Crippen molar-refractivity contribution in [2.24, 2.45) is 5.73 Å². The van der Waals surface area contributed by atoms with Crippen LogP contribution in [0, 0.1) is 0 Å². The summed E-state index contributed by atoms with van der Waals surface area (Å²) in [6.07, 6.45) is 0.951. The summed E-state index contributed by atoms with van der Waals surface area (Å²) in [5.41, 5.74) is 7.58. The topological polar surface area (TPSA) is 43.1 Å². The zero-order valence-corrected chi connectivity index (χ0v) is 8.83. The predicted octanol–water partition coefficient (Wildman–Crippen LogP) is 1.82. The molecule has 70 valence electrons. The van der Waals surface area contributed by atoms with Crippen molar-refractivity contribution >= 4 is 22.2 Å². The second-order valence-electron chi connectivity index (χ2n) is 2.84. The zero-order valence-electron chi connectivity index (χ0n) is 7.24. The maximum atomic E-state index is 10.6. The van der Waals surface area contributed by atoms with Crippen molar-refractivity contribution in [1.82, 2.24) is 0 Å². The van der Waals surface area contributed by atoms with Crippen molar-refractivity contribution < 1.29 is 4.79 Å². The number of rotatable bonds is 4. The van der Waals surface area contributed by atoms with Crippen LogP contribution in [0.1, 0.15) is 17.0 Å². The van der Waals surface area contributed by atoms with Crippen LogP contribution in [0.2, 0.25) is 0 Å². The Hall–Kier alpha value is -0.670. The van der Waals surface area contributed by atoms with E-state index in [-0.39, 0.29) is 5.92 Å². The highest BCUT2D eigenvalue weighted by Crippen LogP contribution is 2.16. The molecule has 2 N–H and O–H groups in total. The molecule has 1 aromatic carbocycles. The number of hydrogen-bond donors (Lipinski definition) is 1. The van der Waals surface area contributed by atoms with E-state index >= 15 is 0 Å². The summed E-state index contributed by atoms with van der Waals surface area (Å²) in [4.78, 5) is 10.6. The lowest BCUT2D eigenvalue weighted by Gasteiger charge is -2.06. The zero-order chi connectivity index (χ0) is 9.68. The van der Waals surface area contributed by atoms with Crippen LogP contribution in [0.5, 0.6) is 0 Å². The first kappa shape index (κ1) is 10.4. The summed E-state index contributed by atoms with van der Waals surface area (Å²) >= 11 is 3.29. The maximum absolute atomic E-state index is 10.6. The molecule has 0 bridgehead atoms. The van der Waals surface area contributed by atoms with Crippen molar-refractivity contribution in [3.63, 3.8) is 0 Å². The lowest BCUT2D eigenvalue weighted by atomic mass is 10.0. The van der Waals surface area contributed by atoms with Crippen molar-refractivity contribution in [3.05, 3.63) is 35.4 Å². The SMILES string of the molecule is NCc1ccc(C(C=O)CBr)cc1. The average Bonchev–Trinajstić information content (AvgIpc) is 2.21. The van der Waals surface area contributed by atoms with Crippen LogP contribution in [0.3, 0.4) is 0 Å². The minimum atomic E-state index is -0.0492. The number of aldehydes is 1. The number of carbonyl (C=O) groups excluding carboxylic acids is 1. The van der Waals surface area contributed by atoms with Gasteiger partial charge in [0.2, 0.25) is 0 Å². The van der Waals surface area contributed by atoms with Crippen molar-refractivity contribution in [1.29, 1.82) is 0 Å². The third-order valence-electron chi connectivity index (χ3n) is 1.97. The van der Waals surface area contributed by atoms with E-state index in [9.17, 15) is 4.79 Å².